The summed E-state index contributed by atoms with van der Waals surface area (Å²) in [5, 5.41) is 4.02. The van der Waals surface area contributed by atoms with E-state index < -0.39 is 11.6 Å². The van der Waals surface area contributed by atoms with E-state index in [0.717, 1.165) is 11.6 Å². The lowest BCUT2D eigenvalue weighted by Gasteiger charge is -2.03. The van der Waals surface area contributed by atoms with Crippen LogP contribution in [-0.4, -0.2) is 9.78 Å². The second-order valence-corrected chi connectivity index (χ2v) is 3.68. The topological polar surface area (TPSA) is 17.8 Å². The molecule has 0 radical (unpaired) electrons. The minimum atomic E-state index is -0.580. The molecule has 2 nitrogen and oxygen atoms in total. The molecule has 0 fully saturated rings. The zero-order valence-electron chi connectivity index (χ0n) is 8.33. The van der Waals surface area contributed by atoms with E-state index in [-0.39, 0.29) is 6.54 Å². The van der Waals surface area contributed by atoms with Crippen LogP contribution in [0.1, 0.15) is 11.1 Å². The first kappa shape index (κ1) is 11.1. The van der Waals surface area contributed by atoms with Gasteiger partial charge in [-0.3, -0.25) is 4.68 Å². The van der Waals surface area contributed by atoms with E-state index >= 15 is 0 Å². The molecule has 1 aromatic heterocycles. The van der Waals surface area contributed by atoms with Crippen LogP contribution in [-0.2, 0) is 12.4 Å². The highest BCUT2D eigenvalue weighted by molar-refractivity contribution is 6.17. The van der Waals surface area contributed by atoms with E-state index in [9.17, 15) is 8.78 Å². The maximum atomic E-state index is 13.3. The van der Waals surface area contributed by atoms with Crippen LogP contribution in [0.2, 0.25) is 0 Å². The second-order valence-electron chi connectivity index (χ2n) is 3.42. The lowest BCUT2D eigenvalue weighted by Crippen LogP contribution is -2.02. The van der Waals surface area contributed by atoms with Gasteiger partial charge in [-0.05, 0) is 6.07 Å². The van der Waals surface area contributed by atoms with E-state index in [0.29, 0.717) is 11.4 Å². The summed E-state index contributed by atoms with van der Waals surface area (Å²) < 4.78 is 27.5. The maximum absolute atomic E-state index is 13.3. The molecule has 0 amide bonds. The van der Waals surface area contributed by atoms with Crippen molar-refractivity contribution in [1.82, 2.24) is 9.78 Å². The molecule has 84 valence electrons. The Morgan fingerprint density at radius 3 is 2.75 bits per heavy atom. The molecule has 0 N–H and O–H groups in total. The number of rotatable bonds is 3. The Balaban J connectivity index is 2.20. The fourth-order valence-corrected chi connectivity index (χ4v) is 1.52. The van der Waals surface area contributed by atoms with Crippen molar-refractivity contribution in [1.29, 1.82) is 0 Å². The fraction of sp³-hybridized carbons (Fsp3) is 0.182. The van der Waals surface area contributed by atoms with Crippen LogP contribution < -0.4 is 0 Å². The number of hydrogen-bond acceptors (Lipinski definition) is 1. The highest BCUT2D eigenvalue weighted by Crippen LogP contribution is 2.11. The zero-order valence-corrected chi connectivity index (χ0v) is 9.09. The minimum Gasteiger partial charge on any atom is -0.268 e. The number of nitrogens with zero attached hydrogens (tertiary/aromatic N) is 2. The second kappa shape index (κ2) is 4.61. The Hall–Kier alpha value is -1.42. The predicted octanol–water partition coefficient (Wildman–Crippen LogP) is 2.95. The van der Waals surface area contributed by atoms with Crippen molar-refractivity contribution in [3.05, 3.63) is 53.4 Å². The van der Waals surface area contributed by atoms with Crippen molar-refractivity contribution >= 4 is 11.6 Å². The number of halogens is 3. The minimum absolute atomic E-state index is 0.267. The maximum Gasteiger partial charge on any atom is 0.131 e. The average molecular weight is 243 g/mol. The summed E-state index contributed by atoms with van der Waals surface area (Å²) in [6.45, 7) is 0.267. The average Bonchev–Trinajstić information content (AvgIpc) is 2.70. The number of aromatic nitrogens is 2. The van der Waals surface area contributed by atoms with Crippen LogP contribution in [0.15, 0.2) is 30.6 Å². The fourth-order valence-electron chi connectivity index (χ4n) is 1.39. The number of alkyl halides is 1. The lowest BCUT2D eigenvalue weighted by molar-refractivity contribution is 0.558. The van der Waals surface area contributed by atoms with Gasteiger partial charge in [-0.2, -0.15) is 5.10 Å². The summed E-state index contributed by atoms with van der Waals surface area (Å²) in [6, 6.07) is 3.50. The van der Waals surface area contributed by atoms with Gasteiger partial charge in [0.25, 0.3) is 0 Å². The van der Waals surface area contributed by atoms with Crippen LogP contribution in [0.25, 0.3) is 0 Å². The normalized spacial score (nSPS) is 10.7. The molecule has 0 aliphatic rings. The van der Waals surface area contributed by atoms with Gasteiger partial charge in [0, 0.05) is 23.4 Å². The summed E-state index contributed by atoms with van der Waals surface area (Å²) in [5.41, 5.74) is 1.26. The van der Waals surface area contributed by atoms with Crippen LogP contribution >= 0.6 is 11.6 Å². The molecule has 1 heterocycles. The zero-order chi connectivity index (χ0) is 11.5. The quantitative estimate of drug-likeness (QED) is 0.757. The molecule has 0 saturated heterocycles. The van der Waals surface area contributed by atoms with Crippen LogP contribution in [0.5, 0.6) is 0 Å². The first-order valence-electron chi connectivity index (χ1n) is 4.70. The van der Waals surface area contributed by atoms with E-state index in [1.165, 1.54) is 12.1 Å². The van der Waals surface area contributed by atoms with Crippen LogP contribution in [0.4, 0.5) is 8.78 Å². The van der Waals surface area contributed by atoms with E-state index in [2.05, 4.69) is 5.10 Å². The van der Waals surface area contributed by atoms with Crippen molar-refractivity contribution in [2.75, 3.05) is 0 Å². The third-order valence-corrected chi connectivity index (χ3v) is 2.50. The van der Waals surface area contributed by atoms with Gasteiger partial charge in [0.15, 0.2) is 0 Å². The van der Waals surface area contributed by atoms with E-state index in [1.54, 1.807) is 17.1 Å². The summed E-state index contributed by atoms with van der Waals surface area (Å²) in [4.78, 5) is 0. The Morgan fingerprint density at radius 2 is 2.12 bits per heavy atom. The van der Waals surface area contributed by atoms with Gasteiger partial charge >= 0.3 is 0 Å². The molecule has 0 aliphatic heterocycles. The van der Waals surface area contributed by atoms with Crippen LogP contribution in [0, 0.1) is 11.6 Å². The first-order chi connectivity index (χ1) is 7.69. The van der Waals surface area contributed by atoms with Gasteiger partial charge in [0.1, 0.15) is 11.6 Å². The Bertz CT molecular complexity index is 496. The predicted molar refractivity (Wildman–Crippen MR) is 57.2 cm³/mol. The van der Waals surface area contributed by atoms with Crippen molar-refractivity contribution in [2.24, 2.45) is 0 Å². The monoisotopic (exact) mass is 242 g/mol. The molecule has 0 saturated carbocycles. The summed E-state index contributed by atoms with van der Waals surface area (Å²) in [6.07, 6.45) is 3.35. The standard InChI is InChI=1S/C11H9ClF2N2/c12-4-8-5-15-16(6-8)7-9-1-2-10(13)3-11(9)14/h1-3,5-6H,4,7H2. The molecule has 0 spiro atoms. The highest BCUT2D eigenvalue weighted by atomic mass is 35.5. The molecule has 0 atom stereocenters. The third-order valence-electron chi connectivity index (χ3n) is 2.19. The first-order valence-corrected chi connectivity index (χ1v) is 5.23. The number of benzene rings is 1. The molecule has 0 unspecified atom stereocenters. The SMILES string of the molecule is Fc1ccc(Cn2cc(CCl)cn2)c(F)c1. The molecule has 2 rings (SSSR count). The molecule has 0 bridgehead atoms. The molecule has 1 aromatic carbocycles. The molecular weight excluding hydrogens is 234 g/mol. The Labute approximate surface area is 96.5 Å². The van der Waals surface area contributed by atoms with Crippen molar-refractivity contribution in [3.8, 4) is 0 Å². The van der Waals surface area contributed by atoms with Gasteiger partial charge in [0.05, 0.1) is 18.6 Å². The molecule has 2 aromatic rings. The molecule has 5 heteroatoms. The van der Waals surface area contributed by atoms with Gasteiger partial charge < -0.3 is 0 Å². The third kappa shape index (κ3) is 2.39. The van der Waals surface area contributed by atoms with Gasteiger partial charge in [-0.25, -0.2) is 8.78 Å². The van der Waals surface area contributed by atoms with Gasteiger partial charge in [-0.15, -0.1) is 11.6 Å². The summed E-state index contributed by atoms with van der Waals surface area (Å²) in [7, 11) is 0. The van der Waals surface area contributed by atoms with Crippen LogP contribution in [0.3, 0.4) is 0 Å². The molecule has 16 heavy (non-hydrogen) atoms. The smallest absolute Gasteiger partial charge is 0.131 e. The lowest BCUT2D eigenvalue weighted by atomic mass is 10.2. The van der Waals surface area contributed by atoms with Crippen molar-refractivity contribution in [3.63, 3.8) is 0 Å². The van der Waals surface area contributed by atoms with Crippen molar-refractivity contribution < 1.29 is 8.78 Å². The molecular formula is C11H9ClF2N2. The van der Waals surface area contributed by atoms with Gasteiger partial charge in [-0.1, -0.05) is 6.07 Å². The highest BCUT2D eigenvalue weighted by Gasteiger charge is 2.05. The van der Waals surface area contributed by atoms with Gasteiger partial charge in [0.2, 0.25) is 0 Å². The Kier molecular flexibility index (Phi) is 3.19. The van der Waals surface area contributed by atoms with E-state index in [4.69, 9.17) is 11.6 Å². The van der Waals surface area contributed by atoms with E-state index in [1.807, 2.05) is 0 Å². The Morgan fingerprint density at radius 1 is 1.31 bits per heavy atom. The molecule has 0 aliphatic carbocycles. The summed E-state index contributed by atoms with van der Waals surface area (Å²) >= 11 is 5.62. The largest absolute Gasteiger partial charge is 0.268 e. The number of hydrogen-bond donors (Lipinski definition) is 0. The van der Waals surface area contributed by atoms with Crippen molar-refractivity contribution in [2.45, 2.75) is 12.4 Å². The summed E-state index contributed by atoms with van der Waals surface area (Å²) in [5.74, 6) is -0.780.